The zero-order valence-electron chi connectivity index (χ0n) is 10.7. The molecule has 6 heteroatoms. The van der Waals surface area contributed by atoms with Crippen molar-refractivity contribution < 1.29 is 4.79 Å². The summed E-state index contributed by atoms with van der Waals surface area (Å²) in [6.45, 7) is 0.725. The Balaban J connectivity index is 1.85. The van der Waals surface area contributed by atoms with Crippen LogP contribution in [0.25, 0.3) is 0 Å². The van der Waals surface area contributed by atoms with Gasteiger partial charge in [-0.15, -0.1) is 10.2 Å². The molecule has 1 amide bonds. The van der Waals surface area contributed by atoms with Crippen LogP contribution in [0.4, 0.5) is 0 Å². The fourth-order valence-electron chi connectivity index (χ4n) is 2.51. The van der Waals surface area contributed by atoms with E-state index in [1.165, 1.54) is 0 Å². The Morgan fingerprint density at radius 2 is 2.20 bits per heavy atom. The summed E-state index contributed by atoms with van der Waals surface area (Å²) >= 11 is 5.69. The third kappa shape index (κ3) is 2.49. The quantitative estimate of drug-likeness (QED) is 0.852. The van der Waals surface area contributed by atoms with Crippen molar-refractivity contribution in [1.29, 1.82) is 0 Å². The van der Waals surface area contributed by atoms with Crippen LogP contribution in [0.3, 0.4) is 0 Å². The van der Waals surface area contributed by atoms with Gasteiger partial charge in [0.05, 0.1) is 6.04 Å². The predicted molar refractivity (Wildman–Crippen MR) is 74.3 cm³/mol. The van der Waals surface area contributed by atoms with Crippen molar-refractivity contribution >= 4 is 17.5 Å². The van der Waals surface area contributed by atoms with Gasteiger partial charge < -0.3 is 4.90 Å². The molecule has 1 aliphatic heterocycles. The summed E-state index contributed by atoms with van der Waals surface area (Å²) in [6.07, 6.45) is 5.46. The number of halogens is 1. The molecule has 2 aromatic rings. The average molecular weight is 289 g/mol. The SMILES string of the molecule is O=C(c1ccc(Cl)nn1)N1CCCC1c1cccnc1. The van der Waals surface area contributed by atoms with Gasteiger partial charge in [0, 0.05) is 18.9 Å². The molecule has 1 unspecified atom stereocenters. The fraction of sp³-hybridized carbons (Fsp3) is 0.286. The van der Waals surface area contributed by atoms with Gasteiger partial charge in [0.25, 0.3) is 5.91 Å². The van der Waals surface area contributed by atoms with Crippen molar-refractivity contribution in [2.45, 2.75) is 18.9 Å². The molecular weight excluding hydrogens is 276 g/mol. The minimum Gasteiger partial charge on any atom is -0.330 e. The second kappa shape index (κ2) is 5.54. The summed E-state index contributed by atoms with van der Waals surface area (Å²) < 4.78 is 0. The summed E-state index contributed by atoms with van der Waals surface area (Å²) in [6, 6.07) is 7.14. The van der Waals surface area contributed by atoms with Crippen LogP contribution in [0.1, 0.15) is 34.9 Å². The highest BCUT2D eigenvalue weighted by Crippen LogP contribution is 2.32. The zero-order chi connectivity index (χ0) is 13.9. The number of carbonyl (C=O) groups excluding carboxylic acids is 1. The first-order valence-corrected chi connectivity index (χ1v) is 6.83. The van der Waals surface area contributed by atoms with Gasteiger partial charge in [-0.05, 0) is 36.6 Å². The van der Waals surface area contributed by atoms with E-state index in [9.17, 15) is 4.79 Å². The van der Waals surface area contributed by atoms with Crippen LogP contribution < -0.4 is 0 Å². The number of rotatable bonds is 2. The number of pyridine rings is 1. The lowest BCUT2D eigenvalue weighted by molar-refractivity contribution is 0.0728. The van der Waals surface area contributed by atoms with Crippen molar-refractivity contribution in [3.8, 4) is 0 Å². The molecule has 0 saturated carbocycles. The number of hydrogen-bond donors (Lipinski definition) is 0. The van der Waals surface area contributed by atoms with Crippen molar-refractivity contribution in [2.24, 2.45) is 0 Å². The molecular formula is C14H13ClN4O. The largest absolute Gasteiger partial charge is 0.330 e. The first-order chi connectivity index (χ1) is 9.75. The maximum atomic E-state index is 12.5. The maximum Gasteiger partial charge on any atom is 0.274 e. The van der Waals surface area contributed by atoms with Gasteiger partial charge >= 0.3 is 0 Å². The van der Waals surface area contributed by atoms with Crippen molar-refractivity contribution in [1.82, 2.24) is 20.1 Å². The van der Waals surface area contributed by atoms with E-state index in [0.29, 0.717) is 5.69 Å². The highest BCUT2D eigenvalue weighted by Gasteiger charge is 2.31. The molecule has 0 aromatic carbocycles. The number of carbonyl (C=O) groups is 1. The van der Waals surface area contributed by atoms with E-state index in [1.807, 2.05) is 23.2 Å². The summed E-state index contributed by atoms with van der Waals surface area (Å²) in [5.74, 6) is -0.111. The summed E-state index contributed by atoms with van der Waals surface area (Å²) in [5, 5.41) is 7.87. The Morgan fingerprint density at radius 1 is 1.30 bits per heavy atom. The van der Waals surface area contributed by atoms with E-state index in [4.69, 9.17) is 11.6 Å². The van der Waals surface area contributed by atoms with Crippen molar-refractivity contribution in [2.75, 3.05) is 6.54 Å². The molecule has 2 aromatic heterocycles. The van der Waals surface area contributed by atoms with Gasteiger partial charge in [0.1, 0.15) is 0 Å². The summed E-state index contributed by atoms with van der Waals surface area (Å²) in [7, 11) is 0. The van der Waals surface area contributed by atoms with E-state index in [-0.39, 0.29) is 17.1 Å². The van der Waals surface area contributed by atoms with Gasteiger partial charge in [-0.1, -0.05) is 17.7 Å². The van der Waals surface area contributed by atoms with Gasteiger partial charge in [-0.2, -0.15) is 0 Å². The van der Waals surface area contributed by atoms with Crippen molar-refractivity contribution in [3.05, 3.63) is 53.1 Å². The Hall–Kier alpha value is -2.01. The topological polar surface area (TPSA) is 59.0 Å². The van der Waals surface area contributed by atoms with Gasteiger partial charge in [-0.3, -0.25) is 9.78 Å². The highest BCUT2D eigenvalue weighted by atomic mass is 35.5. The van der Waals surface area contributed by atoms with E-state index >= 15 is 0 Å². The molecule has 1 atom stereocenters. The van der Waals surface area contributed by atoms with E-state index < -0.39 is 0 Å². The molecule has 102 valence electrons. The number of amides is 1. The second-order valence-corrected chi connectivity index (χ2v) is 5.07. The number of aromatic nitrogens is 3. The fourth-order valence-corrected chi connectivity index (χ4v) is 2.61. The molecule has 1 saturated heterocycles. The molecule has 0 N–H and O–H groups in total. The van der Waals surface area contributed by atoms with Crippen molar-refractivity contribution in [3.63, 3.8) is 0 Å². The standard InChI is InChI=1S/C14H13ClN4O/c15-13-6-5-11(17-18-13)14(20)19-8-2-4-12(19)10-3-1-7-16-9-10/h1,3,5-7,9,12H,2,4,8H2. The van der Waals surface area contributed by atoms with E-state index in [1.54, 1.807) is 18.3 Å². The molecule has 5 nitrogen and oxygen atoms in total. The molecule has 1 fully saturated rings. The number of hydrogen-bond acceptors (Lipinski definition) is 4. The van der Waals surface area contributed by atoms with Crippen LogP contribution in [0.15, 0.2) is 36.7 Å². The van der Waals surface area contributed by atoms with Crippen LogP contribution >= 0.6 is 11.6 Å². The summed E-state index contributed by atoms with van der Waals surface area (Å²) in [5.41, 5.74) is 1.38. The monoisotopic (exact) mass is 288 g/mol. The Bertz CT molecular complexity index is 602. The minimum atomic E-state index is -0.111. The Kier molecular flexibility index (Phi) is 3.60. The predicted octanol–water partition coefficient (Wildman–Crippen LogP) is 2.50. The van der Waals surface area contributed by atoms with E-state index in [2.05, 4.69) is 15.2 Å². The molecule has 0 aliphatic carbocycles. The third-order valence-electron chi connectivity index (χ3n) is 3.43. The van der Waals surface area contributed by atoms with Gasteiger partial charge in [0.2, 0.25) is 0 Å². The summed E-state index contributed by atoms with van der Waals surface area (Å²) in [4.78, 5) is 18.5. The molecule has 0 bridgehead atoms. The lowest BCUT2D eigenvalue weighted by Crippen LogP contribution is -2.31. The van der Waals surface area contributed by atoms with Crippen LogP contribution in [-0.2, 0) is 0 Å². The smallest absolute Gasteiger partial charge is 0.274 e. The lowest BCUT2D eigenvalue weighted by atomic mass is 10.1. The van der Waals surface area contributed by atoms with Gasteiger partial charge in [0.15, 0.2) is 10.8 Å². The molecule has 3 heterocycles. The average Bonchev–Trinajstić information content (AvgIpc) is 2.97. The van der Waals surface area contributed by atoms with E-state index in [0.717, 1.165) is 24.9 Å². The zero-order valence-corrected chi connectivity index (χ0v) is 11.5. The number of nitrogens with zero attached hydrogens (tertiary/aromatic N) is 4. The normalized spacial score (nSPS) is 18.2. The Labute approximate surface area is 121 Å². The molecule has 1 aliphatic rings. The van der Waals surface area contributed by atoms with Crippen LogP contribution in [0.5, 0.6) is 0 Å². The second-order valence-electron chi connectivity index (χ2n) is 4.68. The molecule has 0 radical (unpaired) electrons. The van der Waals surface area contributed by atoms with Crippen LogP contribution in [0.2, 0.25) is 5.15 Å². The van der Waals surface area contributed by atoms with Crippen LogP contribution in [-0.4, -0.2) is 32.5 Å². The number of likely N-dealkylation sites (tertiary alicyclic amines) is 1. The Morgan fingerprint density at radius 3 is 2.90 bits per heavy atom. The van der Waals surface area contributed by atoms with Crippen LogP contribution in [0, 0.1) is 0 Å². The van der Waals surface area contributed by atoms with Gasteiger partial charge in [-0.25, -0.2) is 0 Å². The minimum absolute atomic E-state index is 0.0636. The molecule has 0 spiro atoms. The first-order valence-electron chi connectivity index (χ1n) is 6.46. The molecule has 3 rings (SSSR count). The third-order valence-corrected chi connectivity index (χ3v) is 3.64. The lowest BCUT2D eigenvalue weighted by Gasteiger charge is -2.24. The first kappa shape index (κ1) is 13.0. The maximum absolute atomic E-state index is 12.5. The molecule has 20 heavy (non-hydrogen) atoms. The highest BCUT2D eigenvalue weighted by molar-refractivity contribution is 6.29.